The highest BCUT2D eigenvalue weighted by Crippen LogP contribution is 2.48. The predicted octanol–water partition coefficient (Wildman–Crippen LogP) is 4.73. The lowest BCUT2D eigenvalue weighted by molar-refractivity contribution is -0.109. The van der Waals surface area contributed by atoms with Crippen molar-refractivity contribution >= 4 is 0 Å². The molecule has 0 aromatic heterocycles. The van der Waals surface area contributed by atoms with Gasteiger partial charge in [0.05, 0.1) is 12.2 Å². The third-order valence-electron chi connectivity index (χ3n) is 7.65. The van der Waals surface area contributed by atoms with E-state index in [-0.39, 0.29) is 18.1 Å². The average molecular weight is 325 g/mol. The van der Waals surface area contributed by atoms with Crippen LogP contribution < -0.4 is 0 Å². The van der Waals surface area contributed by atoms with E-state index in [1.165, 1.54) is 19.3 Å². The Morgan fingerprint density at radius 3 is 1.61 bits per heavy atom. The summed E-state index contributed by atoms with van der Waals surface area (Å²) in [4.78, 5) is 0. The molecule has 0 spiro atoms. The van der Waals surface area contributed by atoms with E-state index >= 15 is 0 Å². The number of fused-ring (bicyclic) bond motifs is 1. The van der Waals surface area contributed by atoms with Crippen LogP contribution in [0.15, 0.2) is 0 Å². The van der Waals surface area contributed by atoms with Crippen LogP contribution in [0, 0.1) is 47.3 Å². The Morgan fingerprint density at radius 2 is 1.13 bits per heavy atom. The normalized spacial score (nSPS) is 41.5. The molecular formula is C21H40O2. The molecule has 2 aliphatic rings. The SMILES string of the molecule is CC(C)C(C)[C@H]1CCCC2CC[C@@H](C(C)C(C)C)C(O)C2C1O. The van der Waals surface area contributed by atoms with Crippen molar-refractivity contribution in [2.24, 2.45) is 47.3 Å². The zero-order valence-corrected chi connectivity index (χ0v) is 16.2. The van der Waals surface area contributed by atoms with Gasteiger partial charge in [-0.3, -0.25) is 0 Å². The van der Waals surface area contributed by atoms with Gasteiger partial charge in [0.1, 0.15) is 0 Å². The van der Waals surface area contributed by atoms with Gasteiger partial charge < -0.3 is 10.2 Å². The van der Waals surface area contributed by atoms with Crippen LogP contribution in [0.2, 0.25) is 0 Å². The maximum Gasteiger partial charge on any atom is 0.0626 e. The van der Waals surface area contributed by atoms with Crippen LogP contribution >= 0.6 is 0 Å². The first-order valence-corrected chi connectivity index (χ1v) is 10.1. The molecule has 2 aliphatic carbocycles. The smallest absolute Gasteiger partial charge is 0.0626 e. The van der Waals surface area contributed by atoms with Crippen molar-refractivity contribution in [1.29, 1.82) is 0 Å². The molecule has 0 aliphatic heterocycles. The first-order valence-electron chi connectivity index (χ1n) is 10.1. The molecule has 2 fully saturated rings. The van der Waals surface area contributed by atoms with Gasteiger partial charge in [0, 0.05) is 5.92 Å². The monoisotopic (exact) mass is 324 g/mol. The Balaban J connectivity index is 2.20. The van der Waals surface area contributed by atoms with Crippen molar-refractivity contribution in [1.82, 2.24) is 0 Å². The minimum Gasteiger partial charge on any atom is -0.392 e. The van der Waals surface area contributed by atoms with Crippen LogP contribution in [-0.4, -0.2) is 22.4 Å². The van der Waals surface area contributed by atoms with Crippen molar-refractivity contribution in [3.8, 4) is 0 Å². The number of hydrogen-bond donors (Lipinski definition) is 2. The van der Waals surface area contributed by atoms with Gasteiger partial charge >= 0.3 is 0 Å². The van der Waals surface area contributed by atoms with Gasteiger partial charge in [-0.15, -0.1) is 0 Å². The molecular weight excluding hydrogens is 284 g/mol. The molecule has 2 nitrogen and oxygen atoms in total. The molecule has 2 saturated carbocycles. The first kappa shape index (κ1) is 19.2. The molecule has 0 aromatic rings. The van der Waals surface area contributed by atoms with Gasteiger partial charge in [0.25, 0.3) is 0 Å². The van der Waals surface area contributed by atoms with Crippen molar-refractivity contribution in [3.63, 3.8) is 0 Å². The molecule has 2 N–H and O–H groups in total. The van der Waals surface area contributed by atoms with Crippen LogP contribution in [0.3, 0.4) is 0 Å². The Morgan fingerprint density at radius 1 is 0.652 bits per heavy atom. The van der Waals surface area contributed by atoms with Crippen molar-refractivity contribution in [3.05, 3.63) is 0 Å². The van der Waals surface area contributed by atoms with Crippen molar-refractivity contribution < 1.29 is 10.2 Å². The maximum absolute atomic E-state index is 11.2. The second kappa shape index (κ2) is 7.87. The highest BCUT2D eigenvalue weighted by Gasteiger charge is 2.48. The van der Waals surface area contributed by atoms with Gasteiger partial charge in [-0.05, 0) is 67.1 Å². The summed E-state index contributed by atoms with van der Waals surface area (Å²) in [5, 5.41) is 22.4. The van der Waals surface area contributed by atoms with Gasteiger partial charge in [-0.25, -0.2) is 0 Å². The summed E-state index contributed by atoms with van der Waals surface area (Å²) < 4.78 is 0. The molecule has 23 heavy (non-hydrogen) atoms. The summed E-state index contributed by atoms with van der Waals surface area (Å²) in [7, 11) is 0. The number of aliphatic hydroxyl groups excluding tert-OH is 2. The molecule has 6 unspecified atom stereocenters. The summed E-state index contributed by atoms with van der Waals surface area (Å²) in [6.45, 7) is 13.6. The van der Waals surface area contributed by atoms with E-state index in [2.05, 4.69) is 41.5 Å². The number of rotatable bonds is 4. The molecule has 0 heterocycles. The zero-order valence-electron chi connectivity index (χ0n) is 16.2. The highest BCUT2D eigenvalue weighted by atomic mass is 16.3. The van der Waals surface area contributed by atoms with Gasteiger partial charge in [0.2, 0.25) is 0 Å². The van der Waals surface area contributed by atoms with Crippen molar-refractivity contribution in [2.45, 2.75) is 85.9 Å². The first-order chi connectivity index (χ1) is 10.8. The minimum atomic E-state index is -0.322. The third-order valence-corrected chi connectivity index (χ3v) is 7.65. The summed E-state index contributed by atoms with van der Waals surface area (Å²) in [6, 6.07) is 0. The Hall–Kier alpha value is -0.0800. The molecule has 2 heteroatoms. The topological polar surface area (TPSA) is 40.5 Å². The van der Waals surface area contributed by atoms with Gasteiger partial charge in [-0.2, -0.15) is 0 Å². The summed E-state index contributed by atoms with van der Waals surface area (Å²) >= 11 is 0. The molecule has 0 amide bonds. The Labute approximate surface area is 144 Å². The van der Waals surface area contributed by atoms with E-state index in [4.69, 9.17) is 0 Å². The molecule has 0 radical (unpaired) electrons. The summed E-state index contributed by atoms with van der Waals surface area (Å²) in [6.07, 6.45) is 5.24. The average Bonchev–Trinajstić information content (AvgIpc) is 2.65. The molecule has 0 saturated heterocycles. The van der Waals surface area contributed by atoms with E-state index in [9.17, 15) is 10.2 Å². The van der Waals surface area contributed by atoms with E-state index < -0.39 is 0 Å². The van der Waals surface area contributed by atoms with E-state index in [0.29, 0.717) is 41.4 Å². The second-order valence-corrected chi connectivity index (χ2v) is 9.36. The third kappa shape index (κ3) is 3.95. The molecule has 0 aromatic carbocycles. The van der Waals surface area contributed by atoms with Crippen LogP contribution in [0.1, 0.15) is 73.6 Å². The second-order valence-electron chi connectivity index (χ2n) is 9.36. The Bertz CT molecular complexity index is 365. The van der Waals surface area contributed by atoms with E-state index in [1.54, 1.807) is 0 Å². The summed E-state index contributed by atoms with van der Waals surface area (Å²) in [5.74, 6) is 3.59. The Kier molecular flexibility index (Phi) is 6.58. The largest absolute Gasteiger partial charge is 0.392 e. The van der Waals surface area contributed by atoms with Crippen LogP contribution in [0.5, 0.6) is 0 Å². The zero-order chi connectivity index (χ0) is 17.3. The summed E-state index contributed by atoms with van der Waals surface area (Å²) in [5.41, 5.74) is 0. The highest BCUT2D eigenvalue weighted by molar-refractivity contribution is 4.97. The number of hydrogen-bond acceptors (Lipinski definition) is 2. The van der Waals surface area contributed by atoms with E-state index in [1.807, 2.05) is 0 Å². The number of aliphatic hydroxyl groups is 2. The lowest BCUT2D eigenvalue weighted by atomic mass is 9.62. The predicted molar refractivity (Wildman–Crippen MR) is 97.1 cm³/mol. The lowest BCUT2D eigenvalue weighted by Crippen LogP contribution is -2.49. The van der Waals surface area contributed by atoms with Gasteiger partial charge in [-0.1, -0.05) is 48.0 Å². The molecule has 2 rings (SSSR count). The lowest BCUT2D eigenvalue weighted by Gasteiger charge is -2.46. The van der Waals surface area contributed by atoms with Crippen LogP contribution in [0.4, 0.5) is 0 Å². The minimum absolute atomic E-state index is 0.101. The fourth-order valence-electron chi connectivity index (χ4n) is 5.36. The molecule has 136 valence electrons. The van der Waals surface area contributed by atoms with Gasteiger partial charge in [0.15, 0.2) is 0 Å². The van der Waals surface area contributed by atoms with Crippen LogP contribution in [0.25, 0.3) is 0 Å². The molecule has 8 atom stereocenters. The maximum atomic E-state index is 11.2. The fourth-order valence-corrected chi connectivity index (χ4v) is 5.36. The molecule has 0 bridgehead atoms. The van der Waals surface area contributed by atoms with E-state index in [0.717, 1.165) is 12.8 Å². The quantitative estimate of drug-likeness (QED) is 0.784. The van der Waals surface area contributed by atoms with Crippen LogP contribution in [-0.2, 0) is 0 Å². The standard InChI is InChI=1S/C21H40O2/c1-12(2)14(5)17-9-7-8-16-10-11-18(15(6)13(3)4)21(23)19(16)20(17)22/h12-23H,7-11H2,1-6H3/t14?,15?,16?,17-,18+,19?,20?,21?/m1/s1. The fraction of sp³-hybridized carbons (Fsp3) is 1.00. The van der Waals surface area contributed by atoms with Crippen molar-refractivity contribution in [2.75, 3.05) is 0 Å².